The van der Waals surface area contributed by atoms with Gasteiger partial charge in [-0.15, -0.1) is 0 Å². The van der Waals surface area contributed by atoms with E-state index in [1.54, 1.807) is 19.4 Å². The predicted octanol–water partition coefficient (Wildman–Crippen LogP) is 3.21. The van der Waals surface area contributed by atoms with Crippen LogP contribution in [0.1, 0.15) is 23.2 Å². The van der Waals surface area contributed by atoms with Crippen LogP contribution in [0.25, 0.3) is 0 Å². The van der Waals surface area contributed by atoms with Gasteiger partial charge in [-0.25, -0.2) is 0 Å². The molecule has 0 N–H and O–H groups in total. The zero-order chi connectivity index (χ0) is 16.2. The Hall–Kier alpha value is -1.82. The third-order valence-electron chi connectivity index (χ3n) is 4.31. The van der Waals surface area contributed by atoms with E-state index in [4.69, 9.17) is 4.74 Å². The van der Waals surface area contributed by atoms with Gasteiger partial charge in [0.15, 0.2) is 0 Å². The van der Waals surface area contributed by atoms with Gasteiger partial charge in [0.2, 0.25) is 0 Å². The number of halogens is 1. The van der Waals surface area contributed by atoms with Gasteiger partial charge in [-0.05, 0) is 59.0 Å². The van der Waals surface area contributed by atoms with Crippen LogP contribution in [0.2, 0.25) is 0 Å². The summed E-state index contributed by atoms with van der Waals surface area (Å²) in [5, 5.41) is 4.26. The lowest BCUT2D eigenvalue weighted by atomic mass is 9.96. The first-order valence-corrected chi connectivity index (χ1v) is 8.57. The minimum absolute atomic E-state index is 0.0633. The molecule has 1 aromatic heterocycles. The first-order chi connectivity index (χ1) is 11.2. The summed E-state index contributed by atoms with van der Waals surface area (Å²) in [7, 11) is 1.61. The van der Waals surface area contributed by atoms with Crippen LogP contribution in [0.5, 0.6) is 5.75 Å². The number of nitrogens with zero attached hydrogens (tertiary/aromatic N) is 3. The van der Waals surface area contributed by atoms with Gasteiger partial charge in [0, 0.05) is 36.5 Å². The number of carbonyl (C=O) groups is 1. The summed E-state index contributed by atoms with van der Waals surface area (Å²) in [6, 6.07) is 7.44. The first-order valence-electron chi connectivity index (χ1n) is 7.77. The number of piperidine rings is 1. The van der Waals surface area contributed by atoms with Gasteiger partial charge in [-0.3, -0.25) is 9.48 Å². The van der Waals surface area contributed by atoms with Crippen LogP contribution in [0.4, 0.5) is 0 Å². The molecule has 1 aliphatic heterocycles. The van der Waals surface area contributed by atoms with E-state index in [9.17, 15) is 4.79 Å². The minimum Gasteiger partial charge on any atom is -0.497 e. The second-order valence-electron chi connectivity index (χ2n) is 5.81. The summed E-state index contributed by atoms with van der Waals surface area (Å²) in [5.41, 5.74) is 0.662. The largest absolute Gasteiger partial charge is 0.497 e. The van der Waals surface area contributed by atoms with Crippen molar-refractivity contribution >= 4 is 21.8 Å². The normalized spacial score (nSPS) is 15.7. The number of carbonyl (C=O) groups excluding carboxylic acids is 1. The summed E-state index contributed by atoms with van der Waals surface area (Å²) in [6.07, 6.45) is 5.81. The predicted molar refractivity (Wildman–Crippen MR) is 91.5 cm³/mol. The molecule has 2 aromatic rings. The lowest BCUT2D eigenvalue weighted by Gasteiger charge is -2.32. The van der Waals surface area contributed by atoms with Crippen LogP contribution in [-0.4, -0.2) is 40.8 Å². The standard InChI is InChI=1S/C17H20BrN3O2/c1-23-14-3-4-16(18)15(11-14)17(22)20-9-5-13(6-10-20)12-21-8-2-7-19-21/h2-4,7-8,11,13H,5-6,9-10,12H2,1H3. The van der Waals surface area contributed by atoms with Gasteiger partial charge in [0.1, 0.15) is 5.75 Å². The molecular weight excluding hydrogens is 358 g/mol. The van der Waals surface area contributed by atoms with Gasteiger partial charge in [-0.1, -0.05) is 0 Å². The molecule has 0 aliphatic carbocycles. The van der Waals surface area contributed by atoms with Crippen molar-refractivity contribution in [1.82, 2.24) is 14.7 Å². The van der Waals surface area contributed by atoms with Gasteiger partial charge in [-0.2, -0.15) is 5.10 Å². The molecule has 1 aromatic carbocycles. The van der Waals surface area contributed by atoms with Crippen molar-refractivity contribution in [2.45, 2.75) is 19.4 Å². The Morgan fingerprint density at radius 2 is 2.17 bits per heavy atom. The molecule has 23 heavy (non-hydrogen) atoms. The second-order valence-corrected chi connectivity index (χ2v) is 6.66. The topological polar surface area (TPSA) is 47.4 Å². The highest BCUT2D eigenvalue weighted by Gasteiger charge is 2.25. The Labute approximate surface area is 144 Å². The molecule has 6 heteroatoms. The minimum atomic E-state index is 0.0633. The number of hydrogen-bond acceptors (Lipinski definition) is 3. The van der Waals surface area contributed by atoms with Crippen molar-refractivity contribution in [2.75, 3.05) is 20.2 Å². The Kier molecular flexibility index (Phi) is 5.00. The molecular formula is C17H20BrN3O2. The summed E-state index contributed by atoms with van der Waals surface area (Å²) >= 11 is 3.46. The molecule has 1 amide bonds. The monoisotopic (exact) mass is 377 g/mol. The Morgan fingerprint density at radius 1 is 1.39 bits per heavy atom. The Morgan fingerprint density at radius 3 is 2.83 bits per heavy atom. The van der Waals surface area contributed by atoms with Crippen molar-refractivity contribution < 1.29 is 9.53 Å². The van der Waals surface area contributed by atoms with Crippen molar-refractivity contribution in [2.24, 2.45) is 5.92 Å². The van der Waals surface area contributed by atoms with E-state index in [1.165, 1.54) is 0 Å². The summed E-state index contributed by atoms with van der Waals surface area (Å²) in [5.74, 6) is 1.34. The zero-order valence-electron chi connectivity index (χ0n) is 13.1. The van der Waals surface area contributed by atoms with Gasteiger partial charge >= 0.3 is 0 Å². The highest BCUT2D eigenvalue weighted by atomic mass is 79.9. The zero-order valence-corrected chi connectivity index (χ0v) is 14.7. The number of ether oxygens (including phenoxy) is 1. The Bertz CT molecular complexity index is 664. The molecule has 122 valence electrons. The number of benzene rings is 1. The third kappa shape index (κ3) is 3.75. The average molecular weight is 378 g/mol. The molecule has 0 unspecified atom stereocenters. The van der Waals surface area contributed by atoms with E-state index in [2.05, 4.69) is 21.0 Å². The molecule has 1 saturated heterocycles. The lowest BCUT2D eigenvalue weighted by molar-refractivity contribution is 0.0680. The number of amides is 1. The van der Waals surface area contributed by atoms with Gasteiger partial charge in [0.05, 0.1) is 12.7 Å². The van der Waals surface area contributed by atoms with Gasteiger partial charge in [0.25, 0.3) is 5.91 Å². The summed E-state index contributed by atoms with van der Waals surface area (Å²) < 4.78 is 8.00. The molecule has 0 atom stereocenters. The van der Waals surface area contributed by atoms with Crippen LogP contribution in [0.3, 0.4) is 0 Å². The van der Waals surface area contributed by atoms with Crippen molar-refractivity contribution in [3.63, 3.8) is 0 Å². The summed E-state index contributed by atoms with van der Waals surface area (Å²) in [4.78, 5) is 14.7. The number of aromatic nitrogens is 2. The van der Waals surface area contributed by atoms with Crippen LogP contribution in [-0.2, 0) is 6.54 Å². The smallest absolute Gasteiger partial charge is 0.255 e. The van der Waals surface area contributed by atoms with Crippen LogP contribution in [0, 0.1) is 5.92 Å². The van der Waals surface area contributed by atoms with E-state index in [1.807, 2.05) is 34.0 Å². The Balaban J connectivity index is 1.62. The van der Waals surface area contributed by atoms with Crippen molar-refractivity contribution in [3.8, 4) is 5.75 Å². The molecule has 2 heterocycles. The van der Waals surface area contributed by atoms with E-state index in [0.717, 1.165) is 36.9 Å². The lowest BCUT2D eigenvalue weighted by Crippen LogP contribution is -2.39. The quantitative estimate of drug-likeness (QED) is 0.821. The van der Waals surface area contributed by atoms with Crippen LogP contribution in [0.15, 0.2) is 41.1 Å². The maximum Gasteiger partial charge on any atom is 0.255 e. The molecule has 3 rings (SSSR count). The number of rotatable bonds is 4. The molecule has 5 nitrogen and oxygen atoms in total. The molecule has 0 saturated carbocycles. The van der Waals surface area contributed by atoms with E-state index >= 15 is 0 Å². The first kappa shape index (κ1) is 16.1. The van der Waals surface area contributed by atoms with Gasteiger partial charge < -0.3 is 9.64 Å². The number of methoxy groups -OCH3 is 1. The molecule has 0 bridgehead atoms. The van der Waals surface area contributed by atoms with Crippen molar-refractivity contribution in [1.29, 1.82) is 0 Å². The maximum absolute atomic E-state index is 12.7. The highest BCUT2D eigenvalue weighted by Crippen LogP contribution is 2.26. The highest BCUT2D eigenvalue weighted by molar-refractivity contribution is 9.10. The number of likely N-dealkylation sites (tertiary alicyclic amines) is 1. The molecule has 1 fully saturated rings. The fraction of sp³-hybridized carbons (Fsp3) is 0.412. The van der Waals surface area contributed by atoms with E-state index in [0.29, 0.717) is 17.2 Å². The fourth-order valence-electron chi connectivity index (χ4n) is 2.96. The molecule has 0 radical (unpaired) electrons. The molecule has 0 spiro atoms. The van der Waals surface area contributed by atoms with Crippen LogP contribution >= 0.6 is 15.9 Å². The average Bonchev–Trinajstić information content (AvgIpc) is 3.08. The summed E-state index contributed by atoms with van der Waals surface area (Å²) in [6.45, 7) is 2.50. The van der Waals surface area contributed by atoms with E-state index in [-0.39, 0.29) is 5.91 Å². The fourth-order valence-corrected chi connectivity index (χ4v) is 3.37. The van der Waals surface area contributed by atoms with Crippen molar-refractivity contribution in [3.05, 3.63) is 46.7 Å². The molecule has 1 aliphatic rings. The van der Waals surface area contributed by atoms with E-state index < -0.39 is 0 Å². The number of hydrogen-bond donors (Lipinski definition) is 0. The SMILES string of the molecule is COc1ccc(Br)c(C(=O)N2CCC(Cn3cccn3)CC2)c1. The third-order valence-corrected chi connectivity index (χ3v) is 5.00. The second kappa shape index (κ2) is 7.17. The van der Waals surface area contributed by atoms with Crippen LogP contribution < -0.4 is 4.74 Å². The maximum atomic E-state index is 12.7.